The fourth-order valence-electron chi connectivity index (χ4n) is 1.39. The number of nitrogens with zero attached hydrogens (tertiary/aromatic N) is 2. The van der Waals surface area contributed by atoms with Gasteiger partial charge in [-0.1, -0.05) is 6.92 Å². The van der Waals surface area contributed by atoms with E-state index in [-0.39, 0.29) is 0 Å². The Morgan fingerprint density at radius 3 is 2.80 bits per heavy atom. The summed E-state index contributed by atoms with van der Waals surface area (Å²) in [6.45, 7) is 7.60. The van der Waals surface area contributed by atoms with Crippen LogP contribution >= 0.6 is 0 Å². The van der Waals surface area contributed by atoms with Crippen molar-refractivity contribution >= 4 is 0 Å². The Bertz CT molecular complexity index is 311. The van der Waals surface area contributed by atoms with Gasteiger partial charge in [-0.15, -0.1) is 0 Å². The Morgan fingerprint density at radius 1 is 1.47 bits per heavy atom. The quantitative estimate of drug-likeness (QED) is 0.750. The van der Waals surface area contributed by atoms with Gasteiger partial charge >= 0.3 is 0 Å². The van der Waals surface area contributed by atoms with Crippen LogP contribution in [0.2, 0.25) is 0 Å². The highest BCUT2D eigenvalue weighted by atomic mass is 15.1. The standard InChI is InChI=1S/C11H20N4/c1-4-11-10(5-8(2)14-15-11)7-13-9(3)6-12/h5,9,13H,4,6-7,12H2,1-3H3. The molecular weight excluding hydrogens is 188 g/mol. The molecule has 0 aromatic carbocycles. The fraction of sp³-hybridized carbons (Fsp3) is 0.636. The lowest BCUT2D eigenvalue weighted by Crippen LogP contribution is -2.33. The van der Waals surface area contributed by atoms with Gasteiger partial charge in [-0.3, -0.25) is 0 Å². The first-order valence-corrected chi connectivity index (χ1v) is 5.42. The highest BCUT2D eigenvalue weighted by Gasteiger charge is 2.05. The molecule has 0 aliphatic rings. The van der Waals surface area contributed by atoms with Crippen LogP contribution in [0, 0.1) is 6.92 Å². The average Bonchev–Trinajstić information content (AvgIpc) is 2.26. The van der Waals surface area contributed by atoms with Gasteiger partial charge in [-0.2, -0.15) is 10.2 Å². The van der Waals surface area contributed by atoms with Crippen molar-refractivity contribution < 1.29 is 0 Å². The van der Waals surface area contributed by atoms with Crippen molar-refractivity contribution in [1.29, 1.82) is 0 Å². The molecule has 1 aromatic heterocycles. The Balaban J connectivity index is 2.69. The minimum absolute atomic E-state index is 0.336. The monoisotopic (exact) mass is 208 g/mol. The highest BCUT2D eigenvalue weighted by Crippen LogP contribution is 2.07. The largest absolute Gasteiger partial charge is 0.329 e. The van der Waals surface area contributed by atoms with Crippen LogP contribution in [0.15, 0.2) is 6.07 Å². The van der Waals surface area contributed by atoms with E-state index in [1.54, 1.807) is 0 Å². The van der Waals surface area contributed by atoms with Crippen LogP contribution in [0.25, 0.3) is 0 Å². The summed E-state index contributed by atoms with van der Waals surface area (Å²) in [5, 5.41) is 11.6. The van der Waals surface area contributed by atoms with Gasteiger partial charge in [0.25, 0.3) is 0 Å². The number of nitrogens with two attached hydrogens (primary N) is 1. The van der Waals surface area contributed by atoms with Crippen molar-refractivity contribution in [3.63, 3.8) is 0 Å². The van der Waals surface area contributed by atoms with Crippen LogP contribution < -0.4 is 11.1 Å². The van der Waals surface area contributed by atoms with Crippen LogP contribution in [-0.2, 0) is 13.0 Å². The average molecular weight is 208 g/mol. The molecule has 1 rings (SSSR count). The Morgan fingerprint density at radius 2 is 2.20 bits per heavy atom. The molecule has 3 N–H and O–H groups in total. The predicted molar refractivity (Wildman–Crippen MR) is 61.5 cm³/mol. The minimum Gasteiger partial charge on any atom is -0.329 e. The fourth-order valence-corrected chi connectivity index (χ4v) is 1.39. The molecule has 1 heterocycles. The van der Waals surface area contributed by atoms with E-state index in [9.17, 15) is 0 Å². The van der Waals surface area contributed by atoms with E-state index in [2.05, 4.69) is 35.4 Å². The Kier molecular flexibility index (Phi) is 4.65. The van der Waals surface area contributed by atoms with Crippen LogP contribution in [0.5, 0.6) is 0 Å². The van der Waals surface area contributed by atoms with E-state index in [4.69, 9.17) is 5.73 Å². The van der Waals surface area contributed by atoms with Gasteiger partial charge < -0.3 is 11.1 Å². The lowest BCUT2D eigenvalue weighted by Gasteiger charge is -2.13. The van der Waals surface area contributed by atoms with Crippen LogP contribution in [0.1, 0.15) is 30.8 Å². The van der Waals surface area contributed by atoms with Crippen molar-refractivity contribution in [1.82, 2.24) is 15.5 Å². The lowest BCUT2D eigenvalue weighted by atomic mass is 10.1. The summed E-state index contributed by atoms with van der Waals surface area (Å²) in [6, 6.07) is 2.42. The molecule has 0 fully saturated rings. The van der Waals surface area contributed by atoms with Gasteiger partial charge in [0.2, 0.25) is 0 Å². The third-order valence-electron chi connectivity index (χ3n) is 2.41. The van der Waals surface area contributed by atoms with Gasteiger partial charge in [-0.05, 0) is 31.9 Å². The van der Waals surface area contributed by atoms with Gasteiger partial charge in [0.15, 0.2) is 0 Å². The summed E-state index contributed by atoms with van der Waals surface area (Å²) >= 11 is 0. The van der Waals surface area contributed by atoms with Gasteiger partial charge in [0.1, 0.15) is 0 Å². The second-order valence-electron chi connectivity index (χ2n) is 3.83. The number of hydrogen-bond donors (Lipinski definition) is 2. The zero-order valence-corrected chi connectivity index (χ0v) is 9.75. The number of rotatable bonds is 5. The molecule has 15 heavy (non-hydrogen) atoms. The maximum Gasteiger partial charge on any atom is 0.0673 e. The molecule has 0 spiro atoms. The Hall–Kier alpha value is -1.00. The van der Waals surface area contributed by atoms with Crippen LogP contribution in [0.3, 0.4) is 0 Å². The molecule has 0 saturated carbocycles. The maximum absolute atomic E-state index is 5.55. The number of hydrogen-bond acceptors (Lipinski definition) is 4. The first-order chi connectivity index (χ1) is 7.17. The van der Waals surface area contributed by atoms with Gasteiger partial charge in [-0.25, -0.2) is 0 Å². The summed E-state index contributed by atoms with van der Waals surface area (Å²) in [7, 11) is 0. The zero-order valence-electron chi connectivity index (χ0n) is 9.75. The van der Waals surface area contributed by atoms with E-state index >= 15 is 0 Å². The molecule has 84 valence electrons. The third kappa shape index (κ3) is 3.57. The summed E-state index contributed by atoms with van der Waals surface area (Å²) in [4.78, 5) is 0. The minimum atomic E-state index is 0.336. The lowest BCUT2D eigenvalue weighted by molar-refractivity contribution is 0.552. The molecule has 0 aliphatic heterocycles. The molecule has 4 nitrogen and oxygen atoms in total. The second-order valence-corrected chi connectivity index (χ2v) is 3.83. The van der Waals surface area contributed by atoms with Crippen molar-refractivity contribution in [3.8, 4) is 0 Å². The highest BCUT2D eigenvalue weighted by molar-refractivity contribution is 5.20. The normalized spacial score (nSPS) is 12.8. The molecule has 0 aliphatic carbocycles. The van der Waals surface area contributed by atoms with Gasteiger partial charge in [0, 0.05) is 19.1 Å². The van der Waals surface area contributed by atoms with Crippen LogP contribution in [0.4, 0.5) is 0 Å². The molecule has 0 bridgehead atoms. The summed E-state index contributed by atoms with van der Waals surface area (Å²) < 4.78 is 0. The smallest absolute Gasteiger partial charge is 0.0673 e. The molecular formula is C11H20N4. The number of nitrogens with one attached hydrogen (secondary N) is 1. The van der Waals surface area contributed by atoms with E-state index in [1.807, 2.05) is 6.92 Å². The maximum atomic E-state index is 5.55. The molecule has 0 saturated heterocycles. The van der Waals surface area contributed by atoms with E-state index in [1.165, 1.54) is 5.56 Å². The zero-order chi connectivity index (χ0) is 11.3. The van der Waals surface area contributed by atoms with E-state index in [0.717, 1.165) is 24.4 Å². The topological polar surface area (TPSA) is 63.8 Å². The predicted octanol–water partition coefficient (Wildman–Crippen LogP) is 0.784. The van der Waals surface area contributed by atoms with Gasteiger partial charge in [0.05, 0.1) is 11.4 Å². The Labute approximate surface area is 91.3 Å². The van der Waals surface area contributed by atoms with Crippen LogP contribution in [-0.4, -0.2) is 22.8 Å². The molecule has 1 aromatic rings. The molecule has 4 heteroatoms. The summed E-state index contributed by atoms with van der Waals surface area (Å²) in [5.41, 5.74) is 8.80. The second kappa shape index (κ2) is 5.78. The van der Waals surface area contributed by atoms with Crippen molar-refractivity contribution in [2.24, 2.45) is 5.73 Å². The first kappa shape index (κ1) is 12.1. The van der Waals surface area contributed by atoms with E-state index < -0.39 is 0 Å². The van der Waals surface area contributed by atoms with Crippen molar-refractivity contribution in [3.05, 3.63) is 23.0 Å². The summed E-state index contributed by atoms with van der Waals surface area (Å²) in [5.74, 6) is 0. The SMILES string of the molecule is CCc1nnc(C)cc1CNC(C)CN. The first-order valence-electron chi connectivity index (χ1n) is 5.42. The third-order valence-corrected chi connectivity index (χ3v) is 2.41. The molecule has 1 atom stereocenters. The number of aromatic nitrogens is 2. The van der Waals surface area contributed by atoms with Crippen molar-refractivity contribution in [2.45, 2.75) is 39.8 Å². The number of aryl methyl sites for hydroxylation is 2. The van der Waals surface area contributed by atoms with Crippen molar-refractivity contribution in [2.75, 3.05) is 6.54 Å². The summed E-state index contributed by atoms with van der Waals surface area (Å²) in [6.07, 6.45) is 0.918. The molecule has 0 radical (unpaired) electrons. The molecule has 0 amide bonds. The molecule has 1 unspecified atom stereocenters. The van der Waals surface area contributed by atoms with E-state index in [0.29, 0.717) is 12.6 Å².